The third-order valence-corrected chi connectivity index (χ3v) is 5.62. The maximum atomic E-state index is 13.5. The minimum Gasteiger partial charge on any atom is -0.385 e. The smallest absolute Gasteiger partial charge is 0.242 e. The number of aliphatic hydroxyl groups is 1. The average Bonchev–Trinajstić information content (AvgIpc) is 3.04. The van der Waals surface area contributed by atoms with E-state index in [-0.39, 0.29) is 18.3 Å². The number of hydrogen-bond donors (Lipinski definition) is 1. The van der Waals surface area contributed by atoms with Gasteiger partial charge in [0.25, 0.3) is 0 Å². The second-order valence-corrected chi connectivity index (χ2v) is 7.50. The number of aromatic nitrogens is 1. The summed E-state index contributed by atoms with van der Waals surface area (Å²) >= 11 is 5.92. The van der Waals surface area contributed by atoms with Crippen LogP contribution in [0, 0.1) is 5.82 Å². The van der Waals surface area contributed by atoms with E-state index < -0.39 is 5.60 Å². The fourth-order valence-electron chi connectivity index (χ4n) is 3.72. The van der Waals surface area contributed by atoms with Crippen molar-refractivity contribution >= 4 is 28.4 Å². The maximum absolute atomic E-state index is 13.5. The van der Waals surface area contributed by atoms with Crippen molar-refractivity contribution in [2.75, 3.05) is 13.1 Å². The third kappa shape index (κ3) is 3.57. The molecule has 1 fully saturated rings. The SMILES string of the molecule is O=C(Cn1ccc2ccc(F)cc21)N1CCC(O)(c2ccc(Cl)cc2)CC1. The van der Waals surface area contributed by atoms with E-state index in [1.54, 1.807) is 33.9 Å². The quantitative estimate of drug-likeness (QED) is 0.741. The van der Waals surface area contributed by atoms with Gasteiger partial charge in [0, 0.05) is 24.3 Å². The number of halogens is 2. The van der Waals surface area contributed by atoms with Gasteiger partial charge in [0.1, 0.15) is 12.4 Å². The van der Waals surface area contributed by atoms with Crippen LogP contribution in [0.15, 0.2) is 54.7 Å². The highest BCUT2D eigenvalue weighted by Crippen LogP contribution is 2.33. The lowest BCUT2D eigenvalue weighted by molar-refractivity contribution is -0.136. The molecule has 1 N–H and O–H groups in total. The predicted octanol–water partition coefficient (Wildman–Crippen LogP) is 3.94. The molecule has 0 aliphatic carbocycles. The molecule has 1 aliphatic rings. The largest absolute Gasteiger partial charge is 0.385 e. The van der Waals surface area contributed by atoms with Gasteiger partial charge in [0.15, 0.2) is 0 Å². The summed E-state index contributed by atoms with van der Waals surface area (Å²) in [5, 5.41) is 12.5. The molecule has 1 saturated heterocycles. The van der Waals surface area contributed by atoms with E-state index >= 15 is 0 Å². The van der Waals surface area contributed by atoms with Crippen molar-refractivity contribution < 1.29 is 14.3 Å². The first kappa shape index (κ1) is 18.0. The molecular formula is C21H20ClFN2O2. The highest BCUT2D eigenvalue weighted by molar-refractivity contribution is 6.30. The molecule has 0 radical (unpaired) electrons. The topological polar surface area (TPSA) is 45.5 Å². The molecule has 27 heavy (non-hydrogen) atoms. The Morgan fingerprint density at radius 3 is 2.52 bits per heavy atom. The monoisotopic (exact) mass is 386 g/mol. The Hall–Kier alpha value is -2.37. The Balaban J connectivity index is 1.44. The lowest BCUT2D eigenvalue weighted by atomic mass is 9.84. The molecule has 2 aromatic carbocycles. The summed E-state index contributed by atoms with van der Waals surface area (Å²) in [5.74, 6) is -0.351. The van der Waals surface area contributed by atoms with Gasteiger partial charge < -0.3 is 14.6 Å². The lowest BCUT2D eigenvalue weighted by Gasteiger charge is -2.38. The van der Waals surface area contributed by atoms with Crippen molar-refractivity contribution in [2.45, 2.75) is 25.0 Å². The Morgan fingerprint density at radius 1 is 1.11 bits per heavy atom. The number of carbonyl (C=O) groups is 1. The van der Waals surface area contributed by atoms with E-state index in [9.17, 15) is 14.3 Å². The zero-order valence-corrected chi connectivity index (χ0v) is 15.5. The molecule has 0 spiro atoms. The first-order chi connectivity index (χ1) is 12.9. The third-order valence-electron chi connectivity index (χ3n) is 5.37. The van der Waals surface area contributed by atoms with Crippen LogP contribution in [0.5, 0.6) is 0 Å². The Morgan fingerprint density at radius 2 is 1.81 bits per heavy atom. The van der Waals surface area contributed by atoms with Gasteiger partial charge >= 0.3 is 0 Å². The van der Waals surface area contributed by atoms with E-state index in [2.05, 4.69) is 0 Å². The van der Waals surface area contributed by atoms with Crippen molar-refractivity contribution in [1.82, 2.24) is 9.47 Å². The molecule has 1 aromatic heterocycles. The predicted molar refractivity (Wildman–Crippen MR) is 103 cm³/mol. The van der Waals surface area contributed by atoms with Crippen LogP contribution in [0.1, 0.15) is 18.4 Å². The fraction of sp³-hybridized carbons (Fsp3) is 0.286. The normalized spacial score (nSPS) is 16.6. The molecule has 3 aromatic rings. The Kier molecular flexibility index (Phi) is 4.66. The van der Waals surface area contributed by atoms with E-state index in [4.69, 9.17) is 11.6 Å². The van der Waals surface area contributed by atoms with E-state index in [0.29, 0.717) is 36.5 Å². The highest BCUT2D eigenvalue weighted by Gasteiger charge is 2.35. The van der Waals surface area contributed by atoms with Crippen LogP contribution >= 0.6 is 11.6 Å². The van der Waals surface area contributed by atoms with Crippen molar-refractivity contribution in [3.63, 3.8) is 0 Å². The number of rotatable bonds is 3. The van der Waals surface area contributed by atoms with Crippen LogP contribution < -0.4 is 0 Å². The van der Waals surface area contributed by atoms with Gasteiger partial charge in [-0.2, -0.15) is 0 Å². The van der Waals surface area contributed by atoms with Crippen LogP contribution in [0.25, 0.3) is 10.9 Å². The number of benzene rings is 2. The van der Waals surface area contributed by atoms with Crippen molar-refractivity contribution in [2.24, 2.45) is 0 Å². The van der Waals surface area contributed by atoms with E-state index in [1.165, 1.54) is 12.1 Å². The number of likely N-dealkylation sites (tertiary alicyclic amines) is 1. The highest BCUT2D eigenvalue weighted by atomic mass is 35.5. The number of amides is 1. The fourth-order valence-corrected chi connectivity index (χ4v) is 3.84. The van der Waals surface area contributed by atoms with Crippen molar-refractivity contribution in [3.8, 4) is 0 Å². The van der Waals surface area contributed by atoms with Gasteiger partial charge in [-0.05, 0) is 60.2 Å². The van der Waals surface area contributed by atoms with Crippen LogP contribution in [-0.4, -0.2) is 33.6 Å². The van der Waals surface area contributed by atoms with Crippen LogP contribution in [0.4, 0.5) is 4.39 Å². The molecule has 4 rings (SSSR count). The van der Waals surface area contributed by atoms with Crippen LogP contribution in [0.2, 0.25) is 5.02 Å². The molecule has 1 aliphatic heterocycles. The molecule has 6 heteroatoms. The van der Waals surface area contributed by atoms with Gasteiger partial charge in [-0.15, -0.1) is 0 Å². The number of piperidine rings is 1. The first-order valence-corrected chi connectivity index (χ1v) is 9.33. The summed E-state index contributed by atoms with van der Waals surface area (Å²) in [7, 11) is 0. The summed E-state index contributed by atoms with van der Waals surface area (Å²) in [6.07, 6.45) is 2.75. The minimum absolute atomic E-state index is 0.0325. The second kappa shape index (κ2) is 6.98. The minimum atomic E-state index is -0.940. The standard InChI is InChI=1S/C21H20ClFN2O2/c22-17-4-2-16(3-5-17)21(27)8-11-24(12-9-21)20(26)14-25-10-7-15-1-6-18(23)13-19(15)25/h1-7,10,13,27H,8-9,11-12,14H2. The van der Waals surface area contributed by atoms with Gasteiger partial charge in [-0.25, -0.2) is 4.39 Å². The van der Waals surface area contributed by atoms with Gasteiger partial charge in [0.2, 0.25) is 5.91 Å². The van der Waals surface area contributed by atoms with Crippen molar-refractivity contribution in [1.29, 1.82) is 0 Å². The molecule has 0 bridgehead atoms. The van der Waals surface area contributed by atoms with Gasteiger partial charge in [0.05, 0.1) is 11.1 Å². The van der Waals surface area contributed by atoms with Crippen LogP contribution in [-0.2, 0) is 16.9 Å². The van der Waals surface area contributed by atoms with Gasteiger partial charge in [-0.1, -0.05) is 23.7 Å². The summed E-state index contributed by atoms with van der Waals surface area (Å²) in [6, 6.07) is 13.6. The van der Waals surface area contributed by atoms with Crippen molar-refractivity contribution in [3.05, 3.63) is 71.1 Å². The van der Waals surface area contributed by atoms with Gasteiger partial charge in [-0.3, -0.25) is 4.79 Å². The maximum Gasteiger partial charge on any atom is 0.242 e. The van der Waals surface area contributed by atoms with E-state index in [1.807, 2.05) is 18.2 Å². The molecular weight excluding hydrogens is 367 g/mol. The summed E-state index contributed by atoms with van der Waals surface area (Å²) < 4.78 is 15.3. The Bertz CT molecular complexity index is 976. The molecule has 140 valence electrons. The zero-order chi connectivity index (χ0) is 19.0. The second-order valence-electron chi connectivity index (χ2n) is 7.07. The molecule has 0 saturated carbocycles. The lowest BCUT2D eigenvalue weighted by Crippen LogP contribution is -2.46. The number of nitrogens with zero attached hydrogens (tertiary/aromatic N) is 2. The van der Waals surface area contributed by atoms with E-state index in [0.717, 1.165) is 10.9 Å². The molecule has 0 atom stereocenters. The first-order valence-electron chi connectivity index (χ1n) is 8.95. The number of hydrogen-bond acceptors (Lipinski definition) is 2. The Labute approximate surface area is 161 Å². The summed E-state index contributed by atoms with van der Waals surface area (Å²) in [4.78, 5) is 14.5. The summed E-state index contributed by atoms with van der Waals surface area (Å²) in [6.45, 7) is 1.11. The zero-order valence-electron chi connectivity index (χ0n) is 14.7. The molecule has 1 amide bonds. The van der Waals surface area contributed by atoms with Crippen LogP contribution in [0.3, 0.4) is 0 Å². The molecule has 2 heterocycles. The molecule has 0 unspecified atom stereocenters. The number of fused-ring (bicyclic) bond motifs is 1. The number of carbonyl (C=O) groups excluding carboxylic acids is 1. The summed E-state index contributed by atoms with van der Waals surface area (Å²) in [5.41, 5.74) is 0.592. The molecule has 4 nitrogen and oxygen atoms in total. The average molecular weight is 387 g/mol.